The van der Waals surface area contributed by atoms with Crippen molar-refractivity contribution in [2.75, 3.05) is 20.3 Å². The quantitative estimate of drug-likeness (QED) is 0.118. The Morgan fingerprint density at radius 1 is 0.884 bits per heavy atom. The van der Waals surface area contributed by atoms with E-state index in [0.29, 0.717) is 42.3 Å². The van der Waals surface area contributed by atoms with Gasteiger partial charge in [-0.05, 0) is 63.4 Å². The number of H-pyrrole nitrogens is 1. The Morgan fingerprint density at radius 3 is 2.14 bits per heavy atom. The number of aromatic nitrogens is 1. The van der Waals surface area contributed by atoms with Gasteiger partial charge in [0.1, 0.15) is 18.0 Å². The van der Waals surface area contributed by atoms with Crippen LogP contribution in [0, 0.1) is 0 Å². The molecule has 0 atom stereocenters. The van der Waals surface area contributed by atoms with E-state index in [2.05, 4.69) is 15.0 Å². The zero-order valence-corrected chi connectivity index (χ0v) is 26.6. The zero-order chi connectivity index (χ0) is 31.2. The maximum absolute atomic E-state index is 12.7. The second kappa shape index (κ2) is 16.9. The van der Waals surface area contributed by atoms with Crippen molar-refractivity contribution in [1.82, 2.24) is 10.3 Å². The number of amides is 1. The molecule has 0 bridgehead atoms. The molecule has 1 aromatic heterocycles. The van der Waals surface area contributed by atoms with Gasteiger partial charge < -0.3 is 24.5 Å². The number of halogens is 1. The van der Waals surface area contributed by atoms with E-state index < -0.39 is 5.60 Å². The van der Waals surface area contributed by atoms with Gasteiger partial charge >= 0.3 is 11.9 Å². The van der Waals surface area contributed by atoms with Crippen LogP contribution in [0.25, 0.3) is 22.0 Å². The van der Waals surface area contributed by atoms with E-state index in [9.17, 15) is 14.4 Å². The van der Waals surface area contributed by atoms with Crippen molar-refractivity contribution in [2.24, 2.45) is 0 Å². The number of aromatic amines is 1. The van der Waals surface area contributed by atoms with Gasteiger partial charge in [0, 0.05) is 35.5 Å². The van der Waals surface area contributed by atoms with E-state index in [4.69, 9.17) is 21.1 Å². The number of esters is 2. The largest absolute Gasteiger partial charge is 0.492 e. The molecule has 0 spiro atoms. The number of carbonyl (C=O) groups excluding carboxylic acids is 3. The third-order valence-electron chi connectivity index (χ3n) is 7.01. The molecule has 1 heterocycles. The molecule has 8 nitrogen and oxygen atoms in total. The Kier molecular flexibility index (Phi) is 13.4. The first-order chi connectivity index (χ1) is 20.6. The molecule has 0 aliphatic carbocycles. The third kappa shape index (κ3) is 11.6. The molecule has 3 rings (SSSR count). The number of hydrogen-bond donors (Lipinski definition) is 2. The van der Waals surface area contributed by atoms with Crippen molar-refractivity contribution in [3.05, 3.63) is 53.2 Å². The van der Waals surface area contributed by atoms with Crippen LogP contribution in [0.2, 0.25) is 5.02 Å². The molecule has 2 N–H and O–H groups in total. The van der Waals surface area contributed by atoms with Gasteiger partial charge in [0.25, 0.3) is 0 Å². The van der Waals surface area contributed by atoms with E-state index in [1.165, 1.54) is 7.11 Å². The van der Waals surface area contributed by atoms with Crippen LogP contribution in [-0.4, -0.2) is 48.7 Å². The first kappa shape index (κ1) is 34.0. The van der Waals surface area contributed by atoms with Crippen molar-refractivity contribution in [2.45, 2.75) is 90.6 Å². The van der Waals surface area contributed by atoms with Crippen LogP contribution in [0.5, 0.6) is 5.75 Å². The minimum atomic E-state index is -0.592. The minimum Gasteiger partial charge on any atom is -0.492 e. The lowest BCUT2D eigenvalue weighted by molar-refractivity contribution is -0.140. The number of carbonyl (C=O) groups is 3. The zero-order valence-electron chi connectivity index (χ0n) is 25.9. The first-order valence-corrected chi connectivity index (χ1v) is 15.6. The highest BCUT2D eigenvalue weighted by molar-refractivity contribution is 6.34. The average molecular weight is 613 g/mol. The Hall–Kier alpha value is -3.52. The number of hydrogen-bond acceptors (Lipinski definition) is 6. The van der Waals surface area contributed by atoms with E-state index in [1.807, 2.05) is 57.2 Å². The molecule has 1 amide bonds. The molecule has 0 fully saturated rings. The van der Waals surface area contributed by atoms with Gasteiger partial charge in [-0.3, -0.25) is 9.59 Å². The smallest absolute Gasteiger partial charge is 0.340 e. The lowest BCUT2D eigenvalue weighted by atomic mass is 10.0. The van der Waals surface area contributed by atoms with E-state index in [-0.39, 0.29) is 17.8 Å². The highest BCUT2D eigenvalue weighted by Crippen LogP contribution is 2.34. The van der Waals surface area contributed by atoms with Gasteiger partial charge in [0.15, 0.2) is 0 Å². The lowest BCUT2D eigenvalue weighted by Crippen LogP contribution is -2.27. The Morgan fingerprint density at radius 2 is 1.51 bits per heavy atom. The second-order valence-corrected chi connectivity index (χ2v) is 12.1. The summed E-state index contributed by atoms with van der Waals surface area (Å²) < 4.78 is 16.0. The molecule has 43 heavy (non-hydrogen) atoms. The predicted octanol–water partition coefficient (Wildman–Crippen LogP) is 8.01. The molecule has 2 aromatic carbocycles. The number of fused-ring (bicyclic) bond motifs is 1. The summed E-state index contributed by atoms with van der Waals surface area (Å²) in [5.74, 6) is 0.212. The molecule has 0 saturated carbocycles. The molecule has 0 radical (unpaired) electrons. The molecule has 0 saturated heterocycles. The molecule has 3 aromatic rings. The average Bonchev–Trinajstić information content (AvgIpc) is 3.38. The predicted molar refractivity (Wildman–Crippen MR) is 171 cm³/mol. The first-order valence-electron chi connectivity index (χ1n) is 15.2. The van der Waals surface area contributed by atoms with Crippen molar-refractivity contribution in [1.29, 1.82) is 0 Å². The standard InChI is InChI=1S/C34H45ClN2O6/c1-34(2,3)43-33(40)28-23-37-30-22-29(35)26(21-27(28)30)24-15-17-25(18-16-24)42-20-19-36-31(38)13-11-9-7-5-6-8-10-12-14-32(39)41-4/h15-18,21-23,37H,5-14,19-20H2,1-4H3,(H,36,38). The summed E-state index contributed by atoms with van der Waals surface area (Å²) in [6, 6.07) is 11.3. The van der Waals surface area contributed by atoms with Gasteiger partial charge in [-0.1, -0.05) is 62.3 Å². The highest BCUT2D eigenvalue weighted by atomic mass is 35.5. The summed E-state index contributed by atoms with van der Waals surface area (Å²) in [7, 11) is 1.42. The lowest BCUT2D eigenvalue weighted by Gasteiger charge is -2.19. The van der Waals surface area contributed by atoms with Crippen LogP contribution in [0.1, 0.15) is 95.3 Å². The Bertz CT molecular complexity index is 1340. The van der Waals surface area contributed by atoms with Gasteiger partial charge in [-0.25, -0.2) is 4.79 Å². The summed E-state index contributed by atoms with van der Waals surface area (Å²) >= 11 is 6.58. The third-order valence-corrected chi connectivity index (χ3v) is 7.32. The van der Waals surface area contributed by atoms with Gasteiger partial charge in [0.2, 0.25) is 5.91 Å². The van der Waals surface area contributed by atoms with Gasteiger partial charge in [-0.15, -0.1) is 0 Å². The van der Waals surface area contributed by atoms with E-state index in [0.717, 1.165) is 73.4 Å². The maximum atomic E-state index is 12.7. The molecule has 0 unspecified atom stereocenters. The second-order valence-electron chi connectivity index (χ2n) is 11.7. The number of unbranched alkanes of at least 4 members (excludes halogenated alkanes) is 7. The fourth-order valence-corrected chi connectivity index (χ4v) is 5.04. The van der Waals surface area contributed by atoms with E-state index >= 15 is 0 Å². The number of ether oxygens (including phenoxy) is 3. The van der Waals surface area contributed by atoms with E-state index in [1.54, 1.807) is 6.20 Å². The summed E-state index contributed by atoms with van der Waals surface area (Å²) in [5, 5.41) is 4.23. The monoisotopic (exact) mass is 612 g/mol. The molecule has 0 aliphatic heterocycles. The molecular weight excluding hydrogens is 568 g/mol. The van der Waals surface area contributed by atoms with Gasteiger partial charge in [0.05, 0.1) is 24.2 Å². The van der Waals surface area contributed by atoms with Gasteiger partial charge in [-0.2, -0.15) is 0 Å². The fourth-order valence-electron chi connectivity index (χ4n) is 4.76. The highest BCUT2D eigenvalue weighted by Gasteiger charge is 2.21. The number of methoxy groups -OCH3 is 1. The summed E-state index contributed by atoms with van der Waals surface area (Å²) in [6.07, 6.45) is 11.1. The topological polar surface area (TPSA) is 107 Å². The maximum Gasteiger partial charge on any atom is 0.340 e. The number of rotatable bonds is 17. The normalized spacial score (nSPS) is 11.4. The van der Waals surface area contributed by atoms with Crippen LogP contribution in [0.4, 0.5) is 0 Å². The Balaban J connectivity index is 1.35. The van der Waals surface area contributed by atoms with Crippen LogP contribution in [0.3, 0.4) is 0 Å². The SMILES string of the molecule is COC(=O)CCCCCCCCCCC(=O)NCCOc1ccc(-c2cc3c(C(=O)OC(C)(C)C)c[nH]c3cc2Cl)cc1. The minimum absolute atomic E-state index is 0.0438. The molecule has 0 aliphatic rings. The molecular formula is C34H45ClN2O6. The Labute approximate surface area is 259 Å². The van der Waals surface area contributed by atoms with Crippen LogP contribution in [0.15, 0.2) is 42.6 Å². The van der Waals surface area contributed by atoms with Crippen molar-refractivity contribution < 1.29 is 28.6 Å². The van der Waals surface area contributed by atoms with Crippen LogP contribution >= 0.6 is 11.6 Å². The number of benzene rings is 2. The van der Waals surface area contributed by atoms with Crippen LogP contribution in [-0.2, 0) is 19.1 Å². The molecule has 234 valence electrons. The summed E-state index contributed by atoms with van der Waals surface area (Å²) in [6.45, 7) is 6.33. The summed E-state index contributed by atoms with van der Waals surface area (Å²) in [5.41, 5.74) is 2.32. The van der Waals surface area contributed by atoms with Crippen molar-refractivity contribution in [3.63, 3.8) is 0 Å². The molecule has 9 heteroatoms. The van der Waals surface area contributed by atoms with Crippen LogP contribution < -0.4 is 10.1 Å². The van der Waals surface area contributed by atoms with Crippen molar-refractivity contribution >= 4 is 40.3 Å². The number of nitrogens with one attached hydrogen (secondary N) is 2. The fraction of sp³-hybridized carbons (Fsp3) is 0.500. The summed E-state index contributed by atoms with van der Waals surface area (Å²) in [4.78, 5) is 39.0. The van der Waals surface area contributed by atoms with Crippen molar-refractivity contribution in [3.8, 4) is 16.9 Å².